The first kappa shape index (κ1) is 12.8. The van der Waals surface area contributed by atoms with E-state index >= 15 is 0 Å². The predicted molar refractivity (Wildman–Crippen MR) is 60.0 cm³/mol. The van der Waals surface area contributed by atoms with Crippen LogP contribution in [0.2, 0.25) is 0 Å². The van der Waals surface area contributed by atoms with Gasteiger partial charge in [0, 0.05) is 6.07 Å². The maximum atomic E-state index is 11.2. The monoisotopic (exact) mass is 240 g/mol. The predicted octanol–water partition coefficient (Wildman–Crippen LogP) is 2.26. The Morgan fingerprint density at radius 1 is 1.53 bits per heavy atom. The number of hydrogen-bond acceptors (Lipinski definition) is 5. The van der Waals surface area contributed by atoms with Gasteiger partial charge in [-0.2, -0.15) is 0 Å². The molecule has 1 aromatic carbocycles. The fourth-order valence-electron chi connectivity index (χ4n) is 1.11. The SMILES string of the molecule is CC(C)OC(=O)Nc1ccc(O)c([N+](=O)[O-])c1. The fourth-order valence-corrected chi connectivity index (χ4v) is 1.11. The molecule has 0 bridgehead atoms. The molecule has 1 aromatic rings. The van der Waals surface area contributed by atoms with Gasteiger partial charge in [-0.3, -0.25) is 15.4 Å². The van der Waals surface area contributed by atoms with E-state index in [1.807, 2.05) is 0 Å². The van der Waals surface area contributed by atoms with Crippen LogP contribution >= 0.6 is 0 Å². The Kier molecular flexibility index (Phi) is 3.86. The molecule has 0 aliphatic rings. The summed E-state index contributed by atoms with van der Waals surface area (Å²) in [4.78, 5) is 21.0. The number of phenols is 1. The van der Waals surface area contributed by atoms with E-state index in [1.54, 1.807) is 13.8 Å². The second-order valence-corrected chi connectivity index (χ2v) is 3.54. The van der Waals surface area contributed by atoms with Crippen molar-refractivity contribution in [2.24, 2.45) is 0 Å². The topological polar surface area (TPSA) is 102 Å². The van der Waals surface area contributed by atoms with E-state index < -0.39 is 22.5 Å². The van der Waals surface area contributed by atoms with Gasteiger partial charge in [-0.05, 0) is 26.0 Å². The van der Waals surface area contributed by atoms with Gasteiger partial charge < -0.3 is 9.84 Å². The maximum absolute atomic E-state index is 11.2. The summed E-state index contributed by atoms with van der Waals surface area (Å²) in [6.07, 6.45) is -0.998. The minimum Gasteiger partial charge on any atom is -0.502 e. The summed E-state index contributed by atoms with van der Waals surface area (Å²) in [5.74, 6) is -0.460. The van der Waals surface area contributed by atoms with Gasteiger partial charge >= 0.3 is 11.8 Å². The molecule has 0 fully saturated rings. The molecule has 92 valence electrons. The van der Waals surface area contributed by atoms with Gasteiger partial charge in [0.15, 0.2) is 5.75 Å². The Morgan fingerprint density at radius 3 is 2.71 bits per heavy atom. The van der Waals surface area contributed by atoms with Crippen molar-refractivity contribution in [1.82, 2.24) is 0 Å². The normalized spacial score (nSPS) is 10.1. The number of hydrogen-bond donors (Lipinski definition) is 2. The molecule has 0 atom stereocenters. The van der Waals surface area contributed by atoms with Crippen molar-refractivity contribution in [2.75, 3.05) is 5.32 Å². The third-order valence-electron chi connectivity index (χ3n) is 1.76. The van der Waals surface area contributed by atoms with Crippen LogP contribution in [-0.2, 0) is 4.74 Å². The van der Waals surface area contributed by atoms with Crippen molar-refractivity contribution >= 4 is 17.5 Å². The zero-order valence-corrected chi connectivity index (χ0v) is 9.34. The zero-order chi connectivity index (χ0) is 13.0. The summed E-state index contributed by atoms with van der Waals surface area (Å²) in [5.41, 5.74) is -0.299. The van der Waals surface area contributed by atoms with Crippen LogP contribution in [-0.4, -0.2) is 22.2 Å². The minimum atomic E-state index is -0.742. The first-order valence-corrected chi connectivity index (χ1v) is 4.85. The third kappa shape index (κ3) is 3.63. The molecular weight excluding hydrogens is 228 g/mol. The molecule has 0 radical (unpaired) electrons. The van der Waals surface area contributed by atoms with Gasteiger partial charge in [-0.15, -0.1) is 0 Å². The van der Waals surface area contributed by atoms with Gasteiger partial charge in [0.25, 0.3) is 0 Å². The number of nitro groups is 1. The quantitative estimate of drug-likeness (QED) is 0.479. The van der Waals surface area contributed by atoms with Crippen LogP contribution in [0.5, 0.6) is 5.75 Å². The highest BCUT2D eigenvalue weighted by Crippen LogP contribution is 2.28. The Labute approximate surface area is 97.2 Å². The number of anilines is 1. The first-order chi connectivity index (χ1) is 7.90. The number of aromatic hydroxyl groups is 1. The second kappa shape index (κ2) is 5.15. The number of carbonyl (C=O) groups is 1. The van der Waals surface area contributed by atoms with Crippen molar-refractivity contribution in [1.29, 1.82) is 0 Å². The van der Waals surface area contributed by atoms with E-state index in [0.717, 1.165) is 12.1 Å². The van der Waals surface area contributed by atoms with Gasteiger partial charge in [0.2, 0.25) is 0 Å². The molecule has 7 heteroatoms. The zero-order valence-electron chi connectivity index (χ0n) is 9.34. The number of nitro benzene ring substituents is 1. The minimum absolute atomic E-state index is 0.181. The van der Waals surface area contributed by atoms with E-state index in [1.165, 1.54) is 6.07 Å². The molecule has 0 saturated carbocycles. The molecule has 17 heavy (non-hydrogen) atoms. The van der Waals surface area contributed by atoms with Crippen LogP contribution in [0.15, 0.2) is 18.2 Å². The first-order valence-electron chi connectivity index (χ1n) is 4.85. The molecule has 0 aliphatic carbocycles. The van der Waals surface area contributed by atoms with Gasteiger partial charge in [0.1, 0.15) is 0 Å². The van der Waals surface area contributed by atoms with E-state index in [4.69, 9.17) is 4.74 Å². The van der Waals surface area contributed by atoms with Crippen molar-refractivity contribution in [3.63, 3.8) is 0 Å². The van der Waals surface area contributed by atoms with E-state index in [0.29, 0.717) is 0 Å². The van der Waals surface area contributed by atoms with Gasteiger partial charge in [0.05, 0.1) is 16.7 Å². The molecule has 2 N–H and O–H groups in total. The van der Waals surface area contributed by atoms with E-state index in [2.05, 4.69) is 5.32 Å². The molecule has 1 rings (SSSR count). The van der Waals surface area contributed by atoms with Crippen molar-refractivity contribution in [3.8, 4) is 5.75 Å². The van der Waals surface area contributed by atoms with Crippen LogP contribution in [0.4, 0.5) is 16.2 Å². The Morgan fingerprint density at radius 2 is 2.18 bits per heavy atom. The number of carbonyl (C=O) groups excluding carboxylic acids is 1. The summed E-state index contributed by atoms with van der Waals surface area (Å²) >= 11 is 0. The molecule has 0 unspecified atom stereocenters. The lowest BCUT2D eigenvalue weighted by atomic mass is 10.2. The highest BCUT2D eigenvalue weighted by molar-refractivity contribution is 5.85. The number of nitrogens with zero attached hydrogens (tertiary/aromatic N) is 1. The lowest BCUT2D eigenvalue weighted by molar-refractivity contribution is -0.385. The number of benzene rings is 1. The molecule has 0 aromatic heterocycles. The number of nitrogens with one attached hydrogen (secondary N) is 1. The number of amides is 1. The summed E-state index contributed by atoms with van der Waals surface area (Å²) < 4.78 is 4.80. The van der Waals surface area contributed by atoms with Crippen molar-refractivity contribution in [2.45, 2.75) is 20.0 Å². The van der Waals surface area contributed by atoms with E-state index in [9.17, 15) is 20.0 Å². The highest BCUT2D eigenvalue weighted by Gasteiger charge is 2.15. The van der Waals surface area contributed by atoms with Crippen molar-refractivity contribution < 1.29 is 19.6 Å². The molecule has 0 saturated heterocycles. The third-order valence-corrected chi connectivity index (χ3v) is 1.76. The lowest BCUT2D eigenvalue weighted by Gasteiger charge is -2.09. The fraction of sp³-hybridized carbons (Fsp3) is 0.300. The van der Waals surface area contributed by atoms with Gasteiger partial charge in [-0.25, -0.2) is 4.79 Å². The average molecular weight is 240 g/mol. The van der Waals surface area contributed by atoms with Crippen LogP contribution in [0.1, 0.15) is 13.8 Å². The Balaban J connectivity index is 2.82. The average Bonchev–Trinajstić information content (AvgIpc) is 2.19. The number of rotatable bonds is 3. The summed E-state index contributed by atoms with van der Waals surface area (Å²) in [6.45, 7) is 3.36. The number of phenolic OH excluding ortho intramolecular Hbond substituents is 1. The van der Waals surface area contributed by atoms with Gasteiger partial charge in [-0.1, -0.05) is 0 Å². The maximum Gasteiger partial charge on any atom is 0.411 e. The summed E-state index contributed by atoms with van der Waals surface area (Å²) in [6, 6.07) is 3.52. The molecule has 0 aliphatic heterocycles. The van der Waals surface area contributed by atoms with Crippen LogP contribution in [0, 0.1) is 10.1 Å². The lowest BCUT2D eigenvalue weighted by Crippen LogP contribution is -2.17. The molecule has 1 amide bonds. The Bertz CT molecular complexity index is 444. The second-order valence-electron chi connectivity index (χ2n) is 3.54. The van der Waals surface area contributed by atoms with Crippen LogP contribution in [0.3, 0.4) is 0 Å². The van der Waals surface area contributed by atoms with Crippen molar-refractivity contribution in [3.05, 3.63) is 28.3 Å². The Hall–Kier alpha value is -2.31. The van der Waals surface area contributed by atoms with Crippen LogP contribution in [0.25, 0.3) is 0 Å². The smallest absolute Gasteiger partial charge is 0.411 e. The molecule has 0 heterocycles. The summed E-state index contributed by atoms with van der Waals surface area (Å²) in [5, 5.41) is 22.1. The molecular formula is C10H12N2O5. The molecule has 0 spiro atoms. The molecule has 7 nitrogen and oxygen atoms in total. The highest BCUT2D eigenvalue weighted by atomic mass is 16.6. The largest absolute Gasteiger partial charge is 0.502 e. The number of ether oxygens (including phenoxy) is 1. The summed E-state index contributed by atoms with van der Waals surface area (Å²) in [7, 11) is 0. The standard InChI is InChI=1S/C10H12N2O5/c1-6(2)17-10(14)11-7-3-4-9(13)8(5-7)12(15)16/h3-6,13H,1-2H3,(H,11,14). The van der Waals surface area contributed by atoms with Crippen LogP contribution < -0.4 is 5.32 Å². The van der Waals surface area contributed by atoms with E-state index in [-0.39, 0.29) is 11.8 Å².